The Kier molecular flexibility index (Phi) is 2.78. The van der Waals surface area contributed by atoms with Gasteiger partial charge in [-0.25, -0.2) is 9.78 Å². The van der Waals surface area contributed by atoms with Gasteiger partial charge in [0.15, 0.2) is 5.69 Å². The zero-order valence-electron chi connectivity index (χ0n) is 8.51. The second-order valence-electron chi connectivity index (χ2n) is 3.40. The average molecular weight is 281 g/mol. The lowest BCUT2D eigenvalue weighted by molar-refractivity contribution is 0.0691. The fourth-order valence-corrected chi connectivity index (χ4v) is 1.68. The van der Waals surface area contributed by atoms with Crippen LogP contribution in [0.25, 0.3) is 5.69 Å². The van der Waals surface area contributed by atoms with Crippen LogP contribution >= 0.6 is 15.9 Å². The van der Waals surface area contributed by atoms with Gasteiger partial charge in [-0.1, -0.05) is 22.0 Å². The number of carbonyl (C=O) groups is 1. The lowest BCUT2D eigenvalue weighted by atomic mass is 10.2. The van der Waals surface area contributed by atoms with Crippen LogP contribution in [0.4, 0.5) is 0 Å². The van der Waals surface area contributed by atoms with Crippen LogP contribution in [0.5, 0.6) is 0 Å². The van der Waals surface area contributed by atoms with Crippen molar-refractivity contribution in [2.75, 3.05) is 0 Å². The van der Waals surface area contributed by atoms with Crippen LogP contribution in [0.2, 0.25) is 0 Å². The van der Waals surface area contributed by atoms with Crippen LogP contribution in [-0.4, -0.2) is 20.6 Å². The molecular formula is C11H9BrN2O2. The summed E-state index contributed by atoms with van der Waals surface area (Å²) in [6.45, 7) is 1.99. The average Bonchev–Trinajstić information content (AvgIpc) is 2.71. The minimum Gasteiger partial charge on any atom is -0.476 e. The fraction of sp³-hybridized carbons (Fsp3) is 0.0909. The second-order valence-corrected chi connectivity index (χ2v) is 4.26. The molecule has 0 saturated carbocycles. The summed E-state index contributed by atoms with van der Waals surface area (Å²) in [5.41, 5.74) is 2.04. The zero-order valence-corrected chi connectivity index (χ0v) is 10.1. The first-order valence-electron chi connectivity index (χ1n) is 4.62. The van der Waals surface area contributed by atoms with Gasteiger partial charge in [0.05, 0.1) is 0 Å². The van der Waals surface area contributed by atoms with Crippen molar-refractivity contribution in [2.24, 2.45) is 0 Å². The highest BCUT2D eigenvalue weighted by Crippen LogP contribution is 2.20. The van der Waals surface area contributed by atoms with E-state index >= 15 is 0 Å². The molecule has 0 radical (unpaired) electrons. The SMILES string of the molecule is Cc1ccc(-n2cnc(C(=O)O)c2)cc1Br. The Morgan fingerprint density at radius 2 is 2.25 bits per heavy atom. The molecule has 0 bridgehead atoms. The Morgan fingerprint density at radius 3 is 2.81 bits per heavy atom. The van der Waals surface area contributed by atoms with E-state index in [4.69, 9.17) is 5.11 Å². The topological polar surface area (TPSA) is 55.1 Å². The van der Waals surface area contributed by atoms with E-state index < -0.39 is 5.97 Å². The van der Waals surface area contributed by atoms with Gasteiger partial charge in [-0.3, -0.25) is 0 Å². The van der Waals surface area contributed by atoms with E-state index in [9.17, 15) is 4.79 Å². The number of aromatic nitrogens is 2. The van der Waals surface area contributed by atoms with Gasteiger partial charge in [-0.2, -0.15) is 0 Å². The molecule has 0 saturated heterocycles. The summed E-state index contributed by atoms with van der Waals surface area (Å²) in [7, 11) is 0. The molecule has 0 spiro atoms. The van der Waals surface area contributed by atoms with Crippen LogP contribution < -0.4 is 0 Å². The first kappa shape index (κ1) is 10.9. The third kappa shape index (κ3) is 1.99. The molecule has 0 aliphatic rings. The van der Waals surface area contributed by atoms with Crippen molar-refractivity contribution in [3.05, 3.63) is 46.5 Å². The third-order valence-corrected chi connectivity index (χ3v) is 3.11. The lowest BCUT2D eigenvalue weighted by Gasteiger charge is -2.04. The van der Waals surface area contributed by atoms with Crippen molar-refractivity contribution >= 4 is 21.9 Å². The van der Waals surface area contributed by atoms with Gasteiger partial charge in [0, 0.05) is 16.4 Å². The number of hydrogen-bond acceptors (Lipinski definition) is 2. The van der Waals surface area contributed by atoms with Gasteiger partial charge in [0.25, 0.3) is 0 Å². The maximum atomic E-state index is 10.7. The summed E-state index contributed by atoms with van der Waals surface area (Å²) in [6, 6.07) is 5.79. The zero-order chi connectivity index (χ0) is 11.7. The van der Waals surface area contributed by atoms with E-state index in [0.717, 1.165) is 15.7 Å². The number of benzene rings is 1. The smallest absolute Gasteiger partial charge is 0.356 e. The van der Waals surface area contributed by atoms with E-state index in [0.29, 0.717) is 0 Å². The highest BCUT2D eigenvalue weighted by atomic mass is 79.9. The molecule has 0 unspecified atom stereocenters. The van der Waals surface area contributed by atoms with Crippen LogP contribution in [0.3, 0.4) is 0 Å². The van der Waals surface area contributed by atoms with E-state index in [1.807, 2.05) is 25.1 Å². The van der Waals surface area contributed by atoms with E-state index in [-0.39, 0.29) is 5.69 Å². The minimum atomic E-state index is -1.02. The molecule has 82 valence electrons. The highest BCUT2D eigenvalue weighted by molar-refractivity contribution is 9.10. The Balaban J connectivity index is 2.42. The molecule has 2 aromatic rings. The van der Waals surface area contributed by atoms with Crippen molar-refractivity contribution < 1.29 is 9.90 Å². The van der Waals surface area contributed by atoms with Crippen molar-refractivity contribution in [3.8, 4) is 5.69 Å². The fourth-order valence-electron chi connectivity index (χ4n) is 1.32. The Hall–Kier alpha value is -1.62. The normalized spacial score (nSPS) is 10.4. The van der Waals surface area contributed by atoms with Gasteiger partial charge < -0.3 is 9.67 Å². The van der Waals surface area contributed by atoms with E-state index in [2.05, 4.69) is 20.9 Å². The monoisotopic (exact) mass is 280 g/mol. The van der Waals surface area contributed by atoms with Crippen LogP contribution in [0, 0.1) is 6.92 Å². The summed E-state index contributed by atoms with van der Waals surface area (Å²) >= 11 is 3.43. The van der Waals surface area contributed by atoms with Gasteiger partial charge in [0.1, 0.15) is 6.33 Å². The number of hydrogen-bond donors (Lipinski definition) is 1. The van der Waals surface area contributed by atoms with Gasteiger partial charge in [-0.05, 0) is 24.6 Å². The number of aryl methyl sites for hydroxylation is 1. The van der Waals surface area contributed by atoms with Gasteiger partial charge >= 0.3 is 5.97 Å². The Morgan fingerprint density at radius 1 is 1.50 bits per heavy atom. The Labute approximate surface area is 101 Å². The van der Waals surface area contributed by atoms with Crippen molar-refractivity contribution in [3.63, 3.8) is 0 Å². The minimum absolute atomic E-state index is 0.0386. The van der Waals surface area contributed by atoms with Crippen LogP contribution in [-0.2, 0) is 0 Å². The van der Waals surface area contributed by atoms with Crippen LogP contribution in [0.15, 0.2) is 35.2 Å². The number of nitrogens with zero attached hydrogens (tertiary/aromatic N) is 2. The largest absolute Gasteiger partial charge is 0.476 e. The summed E-state index contributed by atoms with van der Waals surface area (Å²) in [5, 5.41) is 8.76. The van der Waals surface area contributed by atoms with Gasteiger partial charge in [-0.15, -0.1) is 0 Å². The molecule has 1 N–H and O–H groups in total. The molecule has 0 aliphatic carbocycles. The number of imidazole rings is 1. The maximum Gasteiger partial charge on any atom is 0.356 e. The number of carboxylic acids is 1. The summed E-state index contributed by atoms with van der Waals surface area (Å²) in [5.74, 6) is -1.02. The summed E-state index contributed by atoms with van der Waals surface area (Å²) < 4.78 is 2.66. The lowest BCUT2D eigenvalue weighted by Crippen LogP contribution is -1.96. The van der Waals surface area contributed by atoms with E-state index in [1.165, 1.54) is 12.5 Å². The van der Waals surface area contributed by atoms with Crippen molar-refractivity contribution in [1.29, 1.82) is 0 Å². The van der Waals surface area contributed by atoms with Gasteiger partial charge in [0.2, 0.25) is 0 Å². The molecule has 1 heterocycles. The predicted molar refractivity (Wildman–Crippen MR) is 63.0 cm³/mol. The summed E-state index contributed by atoms with van der Waals surface area (Å²) in [6.07, 6.45) is 2.97. The molecule has 1 aromatic heterocycles. The van der Waals surface area contributed by atoms with Crippen molar-refractivity contribution in [1.82, 2.24) is 9.55 Å². The molecule has 0 amide bonds. The molecular weight excluding hydrogens is 272 g/mol. The van der Waals surface area contributed by atoms with Crippen molar-refractivity contribution in [2.45, 2.75) is 6.92 Å². The first-order chi connectivity index (χ1) is 7.58. The molecule has 0 atom stereocenters. The molecule has 16 heavy (non-hydrogen) atoms. The molecule has 5 heteroatoms. The van der Waals surface area contributed by atoms with E-state index in [1.54, 1.807) is 4.57 Å². The predicted octanol–water partition coefficient (Wildman–Crippen LogP) is 2.64. The molecule has 0 fully saturated rings. The second kappa shape index (κ2) is 4.09. The maximum absolute atomic E-state index is 10.7. The molecule has 2 rings (SSSR count). The Bertz CT molecular complexity index is 549. The quantitative estimate of drug-likeness (QED) is 0.920. The number of rotatable bonds is 2. The molecule has 0 aliphatic heterocycles. The standard InChI is InChI=1S/C11H9BrN2O2/c1-7-2-3-8(4-9(7)12)14-5-10(11(15)16)13-6-14/h2-6H,1H3,(H,15,16). The van der Waals surface area contributed by atoms with Crippen LogP contribution in [0.1, 0.15) is 16.1 Å². The number of aromatic carboxylic acids is 1. The molecule has 4 nitrogen and oxygen atoms in total. The highest BCUT2D eigenvalue weighted by Gasteiger charge is 2.07. The summed E-state index contributed by atoms with van der Waals surface area (Å²) in [4.78, 5) is 14.5. The third-order valence-electron chi connectivity index (χ3n) is 2.26. The number of carboxylic acid groups (broad SMARTS) is 1. The number of halogens is 1. The first-order valence-corrected chi connectivity index (χ1v) is 5.41. The molecule has 1 aromatic carbocycles.